The Morgan fingerprint density at radius 3 is 2.56 bits per heavy atom. The molecule has 0 aliphatic rings. The maximum atomic E-state index is 10.9. The Morgan fingerprint density at radius 2 is 2.06 bits per heavy atom. The molecule has 100 valence electrons. The van der Waals surface area contributed by atoms with Crippen LogP contribution in [0, 0.1) is 10.1 Å². The molecule has 5 nitrogen and oxygen atoms in total. The average molecular weight is 292 g/mol. The van der Waals surface area contributed by atoms with Crippen LogP contribution >= 0.6 is 23.2 Å². The van der Waals surface area contributed by atoms with Crippen LogP contribution < -0.4 is 11.1 Å². The lowest BCUT2D eigenvalue weighted by molar-refractivity contribution is -0.384. The van der Waals surface area contributed by atoms with Gasteiger partial charge in [-0.1, -0.05) is 36.5 Å². The normalized spacial score (nSPS) is 12.2. The van der Waals surface area contributed by atoms with Crippen LogP contribution in [0.5, 0.6) is 0 Å². The van der Waals surface area contributed by atoms with Gasteiger partial charge in [0, 0.05) is 18.7 Å². The van der Waals surface area contributed by atoms with Crippen LogP contribution in [0.15, 0.2) is 12.1 Å². The minimum atomic E-state index is -0.496. The second kappa shape index (κ2) is 6.78. The number of halogens is 2. The Kier molecular flexibility index (Phi) is 5.65. The summed E-state index contributed by atoms with van der Waals surface area (Å²) in [4.78, 5) is 10.4. The van der Waals surface area contributed by atoms with Gasteiger partial charge < -0.3 is 11.1 Å². The molecule has 0 spiro atoms. The first-order chi connectivity index (χ1) is 8.49. The van der Waals surface area contributed by atoms with E-state index in [-0.39, 0.29) is 21.8 Å². The largest absolute Gasteiger partial charge is 0.375 e. The number of rotatable bonds is 6. The third kappa shape index (κ3) is 3.73. The fourth-order valence-electron chi connectivity index (χ4n) is 1.62. The maximum absolute atomic E-state index is 10.9. The number of nitro benzene ring substituents is 1. The smallest absolute Gasteiger partial charge is 0.293 e. The van der Waals surface area contributed by atoms with Gasteiger partial charge in [0.2, 0.25) is 0 Å². The molecule has 0 bridgehead atoms. The Hall–Kier alpha value is -1.04. The predicted octanol–water partition coefficient (Wildman–Crippen LogP) is 3.44. The second-order valence-electron chi connectivity index (χ2n) is 3.91. The van der Waals surface area contributed by atoms with E-state index in [4.69, 9.17) is 28.9 Å². The lowest BCUT2D eigenvalue weighted by Gasteiger charge is -2.17. The van der Waals surface area contributed by atoms with E-state index in [9.17, 15) is 10.1 Å². The summed E-state index contributed by atoms with van der Waals surface area (Å²) in [6, 6.07) is 2.68. The average Bonchev–Trinajstić information content (AvgIpc) is 2.32. The molecule has 1 aromatic rings. The van der Waals surface area contributed by atoms with Gasteiger partial charge in [0.15, 0.2) is 0 Å². The molecule has 1 aromatic carbocycles. The lowest BCUT2D eigenvalue weighted by Crippen LogP contribution is -2.28. The molecular weight excluding hydrogens is 277 g/mol. The van der Waals surface area contributed by atoms with Crippen LogP contribution in [0.3, 0.4) is 0 Å². The summed E-state index contributed by atoms with van der Waals surface area (Å²) in [6.45, 7) is 2.42. The molecule has 0 amide bonds. The molecule has 7 heteroatoms. The molecule has 0 aliphatic heterocycles. The Balaban J connectivity index is 3.06. The second-order valence-corrected chi connectivity index (χ2v) is 4.72. The Bertz CT molecular complexity index is 441. The molecule has 1 rings (SSSR count). The zero-order valence-corrected chi connectivity index (χ0v) is 11.5. The summed E-state index contributed by atoms with van der Waals surface area (Å²) in [5, 5.41) is 14.4. The molecule has 18 heavy (non-hydrogen) atoms. The summed E-state index contributed by atoms with van der Waals surface area (Å²) in [7, 11) is 0. The molecule has 0 heterocycles. The molecule has 0 radical (unpaired) electrons. The van der Waals surface area contributed by atoms with Gasteiger partial charge in [-0.3, -0.25) is 10.1 Å². The minimum Gasteiger partial charge on any atom is -0.375 e. The van der Waals surface area contributed by atoms with Crippen LogP contribution in [0.1, 0.15) is 19.8 Å². The Labute approximate surface area is 115 Å². The number of anilines is 1. The fourth-order valence-corrected chi connectivity index (χ4v) is 1.94. The third-order valence-corrected chi connectivity index (χ3v) is 3.24. The van der Waals surface area contributed by atoms with Crippen molar-refractivity contribution in [2.24, 2.45) is 5.73 Å². The lowest BCUT2D eigenvalue weighted by atomic mass is 10.1. The SMILES string of the molecule is CCCC(CN)Nc1cc(Cl)c(Cl)cc1[N+](=O)[O-]. The van der Waals surface area contributed by atoms with Gasteiger partial charge in [-0.05, 0) is 12.5 Å². The minimum absolute atomic E-state index is 0.0223. The summed E-state index contributed by atoms with van der Waals surface area (Å²) in [5.41, 5.74) is 5.86. The molecule has 0 saturated heterocycles. The topological polar surface area (TPSA) is 81.2 Å². The molecule has 0 aromatic heterocycles. The quantitative estimate of drug-likeness (QED) is 0.621. The number of nitrogens with two attached hydrogens (primary N) is 1. The summed E-state index contributed by atoms with van der Waals surface area (Å²) >= 11 is 11.6. The van der Waals surface area contributed by atoms with Gasteiger partial charge in [-0.25, -0.2) is 0 Å². The first kappa shape index (κ1) is 15.0. The van der Waals surface area contributed by atoms with Crippen molar-refractivity contribution < 1.29 is 4.92 Å². The first-order valence-electron chi connectivity index (χ1n) is 5.59. The van der Waals surface area contributed by atoms with Gasteiger partial charge in [0.25, 0.3) is 5.69 Å². The van der Waals surface area contributed by atoms with Crippen LogP contribution in [-0.4, -0.2) is 17.5 Å². The first-order valence-corrected chi connectivity index (χ1v) is 6.35. The predicted molar refractivity (Wildman–Crippen MR) is 74.5 cm³/mol. The van der Waals surface area contributed by atoms with E-state index in [1.807, 2.05) is 6.92 Å². The number of hydrogen-bond donors (Lipinski definition) is 2. The van der Waals surface area contributed by atoms with Crippen molar-refractivity contribution in [2.75, 3.05) is 11.9 Å². The van der Waals surface area contributed by atoms with E-state index >= 15 is 0 Å². The van der Waals surface area contributed by atoms with Crippen LogP contribution in [0.25, 0.3) is 0 Å². The van der Waals surface area contributed by atoms with Crippen molar-refractivity contribution in [3.05, 3.63) is 32.3 Å². The highest BCUT2D eigenvalue weighted by molar-refractivity contribution is 6.42. The fraction of sp³-hybridized carbons (Fsp3) is 0.455. The highest BCUT2D eigenvalue weighted by atomic mass is 35.5. The number of nitro groups is 1. The monoisotopic (exact) mass is 291 g/mol. The standard InChI is InChI=1S/C11H15Cl2N3O2/c1-2-3-7(6-14)15-10-4-8(12)9(13)5-11(10)16(17)18/h4-5,7,15H,2-3,6,14H2,1H3. The molecule has 1 atom stereocenters. The summed E-state index contributed by atoms with van der Waals surface area (Å²) in [5.74, 6) is 0. The molecule has 1 unspecified atom stereocenters. The van der Waals surface area contributed by atoms with E-state index in [0.717, 1.165) is 12.8 Å². The zero-order chi connectivity index (χ0) is 13.7. The van der Waals surface area contributed by atoms with Gasteiger partial charge in [-0.2, -0.15) is 0 Å². The molecule has 0 saturated carbocycles. The van der Waals surface area contributed by atoms with Crippen molar-refractivity contribution in [3.8, 4) is 0 Å². The number of hydrogen-bond acceptors (Lipinski definition) is 4. The number of nitrogens with one attached hydrogen (secondary N) is 1. The number of nitrogens with zero attached hydrogens (tertiary/aromatic N) is 1. The van der Waals surface area contributed by atoms with E-state index < -0.39 is 4.92 Å². The molecule has 0 aliphatic carbocycles. The highest BCUT2D eigenvalue weighted by Gasteiger charge is 2.19. The van der Waals surface area contributed by atoms with Crippen molar-refractivity contribution in [3.63, 3.8) is 0 Å². The Morgan fingerprint density at radius 1 is 1.44 bits per heavy atom. The van der Waals surface area contributed by atoms with E-state index in [0.29, 0.717) is 12.2 Å². The van der Waals surface area contributed by atoms with E-state index in [2.05, 4.69) is 5.32 Å². The molecule has 3 N–H and O–H groups in total. The van der Waals surface area contributed by atoms with Gasteiger partial charge in [0.05, 0.1) is 15.0 Å². The van der Waals surface area contributed by atoms with Crippen LogP contribution in [0.4, 0.5) is 11.4 Å². The van der Waals surface area contributed by atoms with Gasteiger partial charge in [0.1, 0.15) is 5.69 Å². The molecule has 0 fully saturated rings. The van der Waals surface area contributed by atoms with E-state index in [1.54, 1.807) is 0 Å². The maximum Gasteiger partial charge on any atom is 0.293 e. The molecular formula is C11H15Cl2N3O2. The zero-order valence-electron chi connectivity index (χ0n) is 9.95. The van der Waals surface area contributed by atoms with Crippen molar-refractivity contribution in [2.45, 2.75) is 25.8 Å². The van der Waals surface area contributed by atoms with Crippen molar-refractivity contribution >= 4 is 34.6 Å². The van der Waals surface area contributed by atoms with Crippen LogP contribution in [-0.2, 0) is 0 Å². The number of benzene rings is 1. The van der Waals surface area contributed by atoms with Crippen molar-refractivity contribution in [1.82, 2.24) is 0 Å². The van der Waals surface area contributed by atoms with Gasteiger partial charge >= 0.3 is 0 Å². The van der Waals surface area contributed by atoms with E-state index in [1.165, 1.54) is 12.1 Å². The summed E-state index contributed by atoms with van der Waals surface area (Å²) in [6.07, 6.45) is 1.76. The van der Waals surface area contributed by atoms with Crippen LogP contribution in [0.2, 0.25) is 10.0 Å². The third-order valence-electron chi connectivity index (χ3n) is 2.52. The highest BCUT2D eigenvalue weighted by Crippen LogP contribution is 2.34. The van der Waals surface area contributed by atoms with Crippen molar-refractivity contribution in [1.29, 1.82) is 0 Å². The van der Waals surface area contributed by atoms with Gasteiger partial charge in [-0.15, -0.1) is 0 Å². The summed E-state index contributed by atoms with van der Waals surface area (Å²) < 4.78 is 0.